The molecule has 1 fully saturated rings. The lowest BCUT2D eigenvalue weighted by molar-refractivity contribution is -0.00325. The number of rotatable bonds is 4. The molecule has 0 spiro atoms. The van der Waals surface area contributed by atoms with E-state index in [-0.39, 0.29) is 30.1 Å². The third-order valence-corrected chi connectivity index (χ3v) is 4.06. The van der Waals surface area contributed by atoms with Crippen LogP contribution in [0.1, 0.15) is 32.9 Å². The summed E-state index contributed by atoms with van der Waals surface area (Å²) in [4.78, 5) is 26.5. The number of Topliss-reactive ketones (excluding diaryl/α,β-unsaturated/α-hetero) is 1. The van der Waals surface area contributed by atoms with Gasteiger partial charge in [-0.15, -0.1) is 0 Å². The fourth-order valence-corrected chi connectivity index (χ4v) is 2.80. The molecule has 3 rings (SSSR count). The van der Waals surface area contributed by atoms with Gasteiger partial charge in [0, 0.05) is 13.0 Å². The van der Waals surface area contributed by atoms with Crippen molar-refractivity contribution in [2.75, 3.05) is 19.8 Å². The van der Waals surface area contributed by atoms with E-state index in [0.717, 1.165) is 5.56 Å². The third-order valence-electron chi connectivity index (χ3n) is 4.06. The molecule has 1 aromatic carbocycles. The summed E-state index contributed by atoms with van der Waals surface area (Å²) in [6.45, 7) is 2.73. The molecule has 2 aromatic rings. The van der Waals surface area contributed by atoms with Gasteiger partial charge < -0.3 is 14.1 Å². The summed E-state index contributed by atoms with van der Waals surface area (Å²) in [7, 11) is 0. The van der Waals surface area contributed by atoms with Crippen molar-refractivity contribution in [3.63, 3.8) is 0 Å². The molecule has 0 radical (unpaired) electrons. The minimum absolute atomic E-state index is 0.0207. The smallest absolute Gasteiger partial charge is 0.257 e. The average molecular weight is 331 g/mol. The van der Waals surface area contributed by atoms with Crippen LogP contribution in [0.4, 0.5) is 4.39 Å². The van der Waals surface area contributed by atoms with Crippen LogP contribution in [0.25, 0.3) is 0 Å². The van der Waals surface area contributed by atoms with Crippen LogP contribution in [0.15, 0.2) is 41.0 Å². The van der Waals surface area contributed by atoms with Crippen LogP contribution in [0, 0.1) is 12.7 Å². The highest BCUT2D eigenvalue weighted by Crippen LogP contribution is 2.20. The van der Waals surface area contributed by atoms with Gasteiger partial charge in [0.15, 0.2) is 11.5 Å². The number of amides is 1. The lowest BCUT2D eigenvalue weighted by Gasteiger charge is -2.35. The van der Waals surface area contributed by atoms with Gasteiger partial charge in [0.1, 0.15) is 5.82 Å². The summed E-state index contributed by atoms with van der Waals surface area (Å²) in [6, 6.07) is 7.20. The van der Waals surface area contributed by atoms with Gasteiger partial charge in [-0.2, -0.15) is 0 Å². The van der Waals surface area contributed by atoms with Gasteiger partial charge >= 0.3 is 0 Å². The van der Waals surface area contributed by atoms with Crippen LogP contribution in [0.5, 0.6) is 0 Å². The number of morpholine rings is 1. The first-order valence-corrected chi connectivity index (χ1v) is 7.78. The Morgan fingerprint density at radius 1 is 1.33 bits per heavy atom. The zero-order valence-electron chi connectivity index (χ0n) is 13.3. The van der Waals surface area contributed by atoms with Gasteiger partial charge in [-0.25, -0.2) is 4.39 Å². The minimum atomic E-state index is -0.562. The first-order chi connectivity index (χ1) is 11.6. The van der Waals surface area contributed by atoms with Crippen molar-refractivity contribution in [3.8, 4) is 0 Å². The predicted molar refractivity (Wildman–Crippen MR) is 84.4 cm³/mol. The Hall–Kier alpha value is -2.47. The lowest BCUT2D eigenvalue weighted by atomic mass is 10.0. The molecule has 1 saturated heterocycles. The van der Waals surface area contributed by atoms with E-state index >= 15 is 0 Å². The Bertz CT molecular complexity index is 741. The number of ketones is 1. The molecule has 1 aromatic heterocycles. The largest absolute Gasteiger partial charge is 0.461 e. The second-order valence-electron chi connectivity index (χ2n) is 5.82. The Morgan fingerprint density at radius 3 is 2.92 bits per heavy atom. The lowest BCUT2D eigenvalue weighted by Crippen LogP contribution is -2.49. The highest BCUT2D eigenvalue weighted by molar-refractivity contribution is 5.97. The maximum atomic E-state index is 14.0. The van der Waals surface area contributed by atoms with Crippen molar-refractivity contribution >= 4 is 11.7 Å². The standard InChI is InChI=1S/C18H18FNO4/c1-12-4-5-15(19)14(9-12)18(22)20-6-8-23-11-13(20)10-16(21)17-3-2-7-24-17/h2-5,7,9,13H,6,8,10-11H2,1H3/t13-/m1/s1. The molecule has 0 aliphatic carbocycles. The maximum Gasteiger partial charge on any atom is 0.257 e. The topological polar surface area (TPSA) is 59.8 Å². The van der Waals surface area contributed by atoms with Crippen molar-refractivity contribution in [3.05, 3.63) is 59.3 Å². The number of furan rings is 1. The summed E-state index contributed by atoms with van der Waals surface area (Å²) < 4.78 is 24.5. The number of hydrogen-bond acceptors (Lipinski definition) is 4. The minimum Gasteiger partial charge on any atom is -0.461 e. The molecule has 1 aliphatic heterocycles. The quantitative estimate of drug-likeness (QED) is 0.808. The highest BCUT2D eigenvalue weighted by Gasteiger charge is 2.31. The van der Waals surface area contributed by atoms with Crippen LogP contribution in [0.3, 0.4) is 0 Å². The third kappa shape index (κ3) is 3.38. The predicted octanol–water partition coefficient (Wildman–Crippen LogP) is 2.84. The number of halogens is 1. The van der Waals surface area contributed by atoms with E-state index in [4.69, 9.17) is 9.15 Å². The Balaban J connectivity index is 1.80. The van der Waals surface area contributed by atoms with Crippen molar-refractivity contribution in [2.45, 2.75) is 19.4 Å². The van der Waals surface area contributed by atoms with Gasteiger partial charge in [-0.3, -0.25) is 9.59 Å². The number of ether oxygens (including phenoxy) is 1. The van der Waals surface area contributed by atoms with Crippen molar-refractivity contribution in [1.82, 2.24) is 4.90 Å². The molecule has 24 heavy (non-hydrogen) atoms. The molecular weight excluding hydrogens is 313 g/mol. The monoisotopic (exact) mass is 331 g/mol. The van der Waals surface area contributed by atoms with Crippen LogP contribution in [0.2, 0.25) is 0 Å². The zero-order chi connectivity index (χ0) is 17.1. The van der Waals surface area contributed by atoms with E-state index in [1.54, 1.807) is 25.1 Å². The zero-order valence-corrected chi connectivity index (χ0v) is 13.3. The molecule has 1 atom stereocenters. The number of hydrogen-bond donors (Lipinski definition) is 0. The van der Waals surface area contributed by atoms with E-state index in [1.165, 1.54) is 23.3 Å². The van der Waals surface area contributed by atoms with E-state index in [2.05, 4.69) is 0 Å². The van der Waals surface area contributed by atoms with Crippen molar-refractivity contribution < 1.29 is 23.1 Å². The van der Waals surface area contributed by atoms with Gasteiger partial charge in [0.2, 0.25) is 0 Å². The summed E-state index contributed by atoms with van der Waals surface area (Å²) in [5, 5.41) is 0. The first-order valence-electron chi connectivity index (χ1n) is 7.78. The Labute approximate surface area is 139 Å². The molecule has 6 heteroatoms. The first kappa shape index (κ1) is 16.4. The number of aryl methyl sites for hydroxylation is 1. The maximum absolute atomic E-state index is 14.0. The molecular formula is C18H18FNO4. The summed E-state index contributed by atoms with van der Waals surface area (Å²) in [5.41, 5.74) is 0.823. The van der Waals surface area contributed by atoms with Crippen LogP contribution in [-0.4, -0.2) is 42.4 Å². The number of benzene rings is 1. The van der Waals surface area contributed by atoms with Crippen LogP contribution >= 0.6 is 0 Å². The van der Waals surface area contributed by atoms with Crippen LogP contribution < -0.4 is 0 Å². The summed E-state index contributed by atoms with van der Waals surface area (Å²) in [5.74, 6) is -0.947. The van der Waals surface area contributed by atoms with Gasteiger partial charge in [-0.1, -0.05) is 11.6 Å². The summed E-state index contributed by atoms with van der Waals surface area (Å²) in [6.07, 6.45) is 1.50. The van der Waals surface area contributed by atoms with Gasteiger partial charge in [0.25, 0.3) is 5.91 Å². The van der Waals surface area contributed by atoms with Crippen molar-refractivity contribution in [2.24, 2.45) is 0 Å². The summed E-state index contributed by atoms with van der Waals surface area (Å²) >= 11 is 0. The second-order valence-corrected chi connectivity index (χ2v) is 5.82. The number of carbonyl (C=O) groups excluding carboxylic acids is 2. The molecule has 0 bridgehead atoms. The molecule has 1 aliphatic rings. The molecule has 0 saturated carbocycles. The van der Waals surface area contributed by atoms with Crippen molar-refractivity contribution in [1.29, 1.82) is 0 Å². The molecule has 1 amide bonds. The SMILES string of the molecule is Cc1ccc(F)c(C(=O)N2CCOC[C@H]2CC(=O)c2ccco2)c1. The highest BCUT2D eigenvalue weighted by atomic mass is 19.1. The van der Waals surface area contributed by atoms with E-state index in [0.29, 0.717) is 13.2 Å². The van der Waals surface area contributed by atoms with E-state index in [1.807, 2.05) is 0 Å². The normalized spacial score (nSPS) is 17.8. The Kier molecular flexibility index (Phi) is 4.76. The van der Waals surface area contributed by atoms with Gasteiger partial charge in [0.05, 0.1) is 31.1 Å². The van der Waals surface area contributed by atoms with E-state index in [9.17, 15) is 14.0 Å². The van der Waals surface area contributed by atoms with Gasteiger partial charge in [-0.05, 0) is 31.2 Å². The van der Waals surface area contributed by atoms with E-state index < -0.39 is 17.8 Å². The number of carbonyl (C=O) groups is 2. The fourth-order valence-electron chi connectivity index (χ4n) is 2.80. The molecule has 0 unspecified atom stereocenters. The fraction of sp³-hybridized carbons (Fsp3) is 0.333. The molecule has 0 N–H and O–H groups in total. The molecule has 2 heterocycles. The van der Waals surface area contributed by atoms with Crippen LogP contribution in [-0.2, 0) is 4.74 Å². The average Bonchev–Trinajstić information content (AvgIpc) is 3.12. The molecule has 5 nitrogen and oxygen atoms in total. The number of nitrogens with zero attached hydrogens (tertiary/aromatic N) is 1. The second kappa shape index (κ2) is 6.97. The Morgan fingerprint density at radius 2 is 2.17 bits per heavy atom. The molecule has 126 valence electrons.